The standard InChI is InChI=1S/C64H47N3OS/c1-61(2)45-21-13-11-19-40(45)54-55-50(27-35(33-65)57(54)61)67-49-28-36(34-66)58-53(41-20-12-14-22-46(41)64(58,37-15-7-5-8-16-37)38-17-9-6-10-18-38)52(49)44-29-43-42-30-48-47(31-51(42)68-60(43)56(55)59(44)67)62(3)24-25-63(48,4)39(32-62)23-26-69/h5-22,27-31,39,69H,23-26,32H2,1-4H3. The van der Waals surface area contributed by atoms with E-state index in [1.165, 1.54) is 36.0 Å². The smallest absolute Gasteiger partial charge is 0.145 e. The molecular formula is C64H47N3OS. The van der Waals surface area contributed by atoms with E-state index in [0.717, 1.165) is 122 Å². The highest BCUT2D eigenvalue weighted by molar-refractivity contribution is 7.80. The van der Waals surface area contributed by atoms with E-state index in [1.54, 1.807) is 0 Å². The lowest BCUT2D eigenvalue weighted by atomic mass is 9.48. The molecule has 5 aliphatic rings. The van der Waals surface area contributed by atoms with Crippen molar-refractivity contribution in [3.8, 4) is 34.4 Å². The van der Waals surface area contributed by atoms with Crippen molar-refractivity contribution >= 4 is 72.7 Å². The van der Waals surface area contributed by atoms with Crippen molar-refractivity contribution in [1.82, 2.24) is 4.40 Å². The zero-order valence-corrected chi connectivity index (χ0v) is 40.0. The molecule has 5 heteroatoms. The first-order chi connectivity index (χ1) is 33.6. The van der Waals surface area contributed by atoms with Gasteiger partial charge in [0.2, 0.25) is 0 Å². The molecule has 3 unspecified atom stereocenters. The van der Waals surface area contributed by atoms with Gasteiger partial charge in [-0.2, -0.15) is 23.2 Å². The van der Waals surface area contributed by atoms with Gasteiger partial charge in [0.1, 0.15) is 11.2 Å². The van der Waals surface area contributed by atoms with E-state index in [9.17, 15) is 10.5 Å². The van der Waals surface area contributed by atoms with E-state index in [4.69, 9.17) is 17.0 Å². The largest absolute Gasteiger partial charge is 0.455 e. The molecule has 5 aliphatic carbocycles. The number of thiol groups is 1. The first-order valence-electron chi connectivity index (χ1n) is 24.6. The molecule has 330 valence electrons. The average Bonchev–Trinajstić information content (AvgIpc) is 4.15. The number of fused-ring (bicyclic) bond motifs is 20. The van der Waals surface area contributed by atoms with Gasteiger partial charge >= 0.3 is 0 Å². The molecule has 3 atom stereocenters. The molecule has 0 amide bonds. The van der Waals surface area contributed by atoms with Crippen molar-refractivity contribution in [1.29, 1.82) is 10.5 Å². The molecule has 4 nitrogen and oxygen atoms in total. The summed E-state index contributed by atoms with van der Waals surface area (Å²) in [7, 11) is 0. The average molecular weight is 906 g/mol. The maximum absolute atomic E-state index is 11.6. The second-order valence-electron chi connectivity index (χ2n) is 21.8. The molecule has 0 saturated heterocycles. The normalized spacial score (nSPS) is 21.2. The number of nitriles is 2. The predicted octanol–water partition coefficient (Wildman–Crippen LogP) is 15.8. The Morgan fingerprint density at radius 1 is 0.609 bits per heavy atom. The maximum atomic E-state index is 11.6. The van der Waals surface area contributed by atoms with Crippen molar-refractivity contribution in [2.75, 3.05) is 5.75 Å². The third-order valence-electron chi connectivity index (χ3n) is 18.4. The number of nitrogens with zero attached hydrogens (tertiary/aromatic N) is 3. The van der Waals surface area contributed by atoms with Crippen LogP contribution in [0.1, 0.15) is 109 Å². The molecule has 3 heterocycles. The van der Waals surface area contributed by atoms with Crippen molar-refractivity contribution < 1.29 is 4.42 Å². The van der Waals surface area contributed by atoms with Crippen LogP contribution in [0.2, 0.25) is 0 Å². The van der Waals surface area contributed by atoms with Gasteiger partial charge in [0.25, 0.3) is 0 Å². The number of benzene rings is 8. The summed E-state index contributed by atoms with van der Waals surface area (Å²) in [4.78, 5) is 0. The topological polar surface area (TPSA) is 65.1 Å². The first-order valence-corrected chi connectivity index (χ1v) is 25.3. The van der Waals surface area contributed by atoms with Gasteiger partial charge in [-0.25, -0.2) is 0 Å². The van der Waals surface area contributed by atoms with Crippen LogP contribution in [-0.4, -0.2) is 10.2 Å². The predicted molar refractivity (Wildman–Crippen MR) is 283 cm³/mol. The van der Waals surface area contributed by atoms with Crippen LogP contribution in [0.15, 0.2) is 144 Å². The van der Waals surface area contributed by atoms with Gasteiger partial charge in [-0.1, -0.05) is 137 Å². The van der Waals surface area contributed by atoms with Crippen molar-refractivity contribution in [2.24, 2.45) is 5.92 Å². The minimum Gasteiger partial charge on any atom is -0.455 e. The summed E-state index contributed by atoms with van der Waals surface area (Å²) in [6, 6.07) is 56.3. The summed E-state index contributed by atoms with van der Waals surface area (Å²) in [6.07, 6.45) is 4.64. The van der Waals surface area contributed by atoms with E-state index in [0.29, 0.717) is 17.0 Å². The molecule has 0 spiro atoms. The molecule has 16 rings (SSSR count). The fourth-order valence-electron chi connectivity index (χ4n) is 15.4. The lowest BCUT2D eigenvalue weighted by Crippen LogP contribution is -2.50. The van der Waals surface area contributed by atoms with Crippen molar-refractivity contribution in [3.63, 3.8) is 0 Å². The highest BCUT2D eigenvalue weighted by Crippen LogP contribution is 2.64. The van der Waals surface area contributed by atoms with Gasteiger partial charge in [-0.05, 0) is 145 Å². The van der Waals surface area contributed by atoms with Gasteiger partial charge in [0.05, 0.1) is 50.6 Å². The third kappa shape index (κ3) is 4.49. The highest BCUT2D eigenvalue weighted by Gasteiger charge is 2.54. The molecule has 3 aromatic heterocycles. The monoisotopic (exact) mass is 905 g/mol. The fourth-order valence-corrected chi connectivity index (χ4v) is 15.7. The molecular weight excluding hydrogens is 859 g/mol. The number of rotatable bonds is 4. The van der Waals surface area contributed by atoms with Gasteiger partial charge < -0.3 is 8.82 Å². The summed E-state index contributed by atoms with van der Waals surface area (Å²) in [6.45, 7) is 9.53. The summed E-state index contributed by atoms with van der Waals surface area (Å²) < 4.78 is 9.84. The highest BCUT2D eigenvalue weighted by atomic mass is 32.1. The number of furan rings is 1. The summed E-state index contributed by atoms with van der Waals surface area (Å²) in [5.41, 5.74) is 19.2. The number of hydrogen-bond donors (Lipinski definition) is 1. The Balaban J connectivity index is 1.19. The lowest BCUT2D eigenvalue weighted by Gasteiger charge is -2.56. The maximum Gasteiger partial charge on any atom is 0.145 e. The minimum absolute atomic E-state index is 0.0529. The molecule has 0 radical (unpaired) electrons. The molecule has 69 heavy (non-hydrogen) atoms. The van der Waals surface area contributed by atoms with E-state index >= 15 is 0 Å². The van der Waals surface area contributed by atoms with Crippen molar-refractivity contribution in [2.45, 2.75) is 75.0 Å². The van der Waals surface area contributed by atoms with Gasteiger partial charge in [-0.15, -0.1) is 0 Å². The van der Waals surface area contributed by atoms with Crippen LogP contribution >= 0.6 is 12.6 Å². The molecule has 0 N–H and O–H groups in total. The van der Waals surface area contributed by atoms with Crippen LogP contribution in [0.25, 0.3) is 82.3 Å². The lowest BCUT2D eigenvalue weighted by molar-refractivity contribution is 0.103. The van der Waals surface area contributed by atoms with Crippen LogP contribution < -0.4 is 0 Å². The Labute approximate surface area is 406 Å². The molecule has 2 bridgehead atoms. The van der Waals surface area contributed by atoms with Crippen LogP contribution in [0, 0.1) is 28.6 Å². The van der Waals surface area contributed by atoms with Crippen molar-refractivity contribution in [3.05, 3.63) is 195 Å². The molecule has 1 saturated carbocycles. The zero-order chi connectivity index (χ0) is 46.5. The Hall–Kier alpha value is -7.31. The SMILES string of the molecule is CC12CCC(C)(c3cc4c(cc31)oc1c4cc3c4c5c(c(C#N)cc4n4c6cc(C#N)c7c(c6c1c34)-c1ccccc1C7(C)C)C(c1ccccc1)(c1ccccc1)c1ccccc1-5)C(CCS)C2. The second kappa shape index (κ2) is 13.1. The van der Waals surface area contributed by atoms with Gasteiger partial charge in [0, 0.05) is 32.3 Å². The van der Waals surface area contributed by atoms with E-state index in [2.05, 4.69) is 184 Å². The van der Waals surface area contributed by atoms with Gasteiger partial charge in [0.15, 0.2) is 0 Å². The first kappa shape index (κ1) is 39.7. The Bertz CT molecular complexity index is 4180. The summed E-state index contributed by atoms with van der Waals surface area (Å²) >= 11 is 4.79. The molecule has 0 aliphatic heterocycles. The Kier molecular flexibility index (Phi) is 7.51. The number of hydrogen-bond acceptors (Lipinski definition) is 4. The minimum atomic E-state index is -0.767. The second-order valence-corrected chi connectivity index (χ2v) is 22.3. The summed E-state index contributed by atoms with van der Waals surface area (Å²) in [5, 5.41) is 29.5. The number of aromatic nitrogens is 1. The van der Waals surface area contributed by atoms with E-state index in [-0.39, 0.29) is 10.8 Å². The van der Waals surface area contributed by atoms with Crippen LogP contribution in [-0.2, 0) is 21.7 Å². The summed E-state index contributed by atoms with van der Waals surface area (Å²) in [5.74, 6) is 1.46. The van der Waals surface area contributed by atoms with Crippen LogP contribution in [0.5, 0.6) is 0 Å². The quantitative estimate of drug-likeness (QED) is 0.179. The van der Waals surface area contributed by atoms with Gasteiger partial charge in [-0.3, -0.25) is 0 Å². The third-order valence-corrected chi connectivity index (χ3v) is 18.6. The molecule has 8 aromatic carbocycles. The van der Waals surface area contributed by atoms with Crippen LogP contribution in [0.3, 0.4) is 0 Å². The fraction of sp³-hybridized carbons (Fsp3) is 0.219. The van der Waals surface area contributed by atoms with E-state index < -0.39 is 10.8 Å². The Morgan fingerprint density at radius 2 is 1.22 bits per heavy atom. The Morgan fingerprint density at radius 3 is 1.90 bits per heavy atom. The van der Waals surface area contributed by atoms with Crippen LogP contribution in [0.4, 0.5) is 0 Å². The van der Waals surface area contributed by atoms with E-state index in [1.807, 2.05) is 0 Å². The molecule has 11 aromatic rings. The molecule has 1 fully saturated rings. The zero-order valence-electron chi connectivity index (χ0n) is 39.1.